The third-order valence-corrected chi connectivity index (χ3v) is 4.59. The van der Waals surface area contributed by atoms with E-state index in [4.69, 9.17) is 4.74 Å². The number of nitro benzene ring substituents is 1. The van der Waals surface area contributed by atoms with Gasteiger partial charge >= 0.3 is 5.97 Å². The fraction of sp³-hybridized carbons (Fsp3) is 0.250. The number of para-hydroxylation sites is 1. The second kappa shape index (κ2) is 8.68. The molecule has 1 heterocycles. The molecule has 10 heteroatoms. The van der Waals surface area contributed by atoms with Gasteiger partial charge < -0.3 is 15.0 Å². The third kappa shape index (κ3) is 4.59. The Morgan fingerprint density at radius 2 is 2.00 bits per heavy atom. The summed E-state index contributed by atoms with van der Waals surface area (Å²) in [6, 6.07) is 11.0. The summed E-state index contributed by atoms with van der Waals surface area (Å²) in [7, 11) is 0. The number of non-ortho nitro benzene ring substituents is 1. The topological polar surface area (TPSA) is 119 Å². The highest BCUT2D eigenvalue weighted by atomic mass is 19.1. The highest BCUT2D eigenvalue weighted by Crippen LogP contribution is 2.28. The van der Waals surface area contributed by atoms with Gasteiger partial charge in [-0.1, -0.05) is 18.2 Å². The largest absolute Gasteiger partial charge is 0.452 e. The van der Waals surface area contributed by atoms with Crippen LogP contribution in [0.3, 0.4) is 0 Å². The number of halogens is 1. The highest BCUT2D eigenvalue weighted by molar-refractivity contribution is 6.00. The number of rotatable bonds is 6. The van der Waals surface area contributed by atoms with Gasteiger partial charge in [-0.25, -0.2) is 4.39 Å². The Morgan fingerprint density at radius 3 is 2.70 bits per heavy atom. The first kappa shape index (κ1) is 20.9. The van der Waals surface area contributed by atoms with Crippen LogP contribution in [-0.4, -0.2) is 35.4 Å². The molecule has 0 saturated carbocycles. The van der Waals surface area contributed by atoms with Crippen molar-refractivity contribution in [1.29, 1.82) is 0 Å². The average Bonchev–Trinajstić information content (AvgIpc) is 3.10. The Bertz CT molecular complexity index is 1010. The van der Waals surface area contributed by atoms with E-state index in [0.717, 1.165) is 0 Å². The van der Waals surface area contributed by atoms with E-state index in [-0.39, 0.29) is 30.0 Å². The number of carbonyl (C=O) groups is 3. The Labute approximate surface area is 170 Å². The molecule has 1 fully saturated rings. The van der Waals surface area contributed by atoms with E-state index in [1.807, 2.05) is 0 Å². The molecule has 0 radical (unpaired) electrons. The zero-order valence-corrected chi connectivity index (χ0v) is 15.9. The molecule has 0 spiro atoms. The van der Waals surface area contributed by atoms with Gasteiger partial charge in [0.15, 0.2) is 6.10 Å². The molecular weight excluding hydrogens is 397 g/mol. The van der Waals surface area contributed by atoms with Crippen molar-refractivity contribution in [3.63, 3.8) is 0 Å². The van der Waals surface area contributed by atoms with E-state index in [9.17, 15) is 28.9 Å². The monoisotopic (exact) mass is 415 g/mol. The van der Waals surface area contributed by atoms with Crippen LogP contribution in [0.1, 0.15) is 13.3 Å². The lowest BCUT2D eigenvalue weighted by Gasteiger charge is -2.18. The number of hydrogen-bond acceptors (Lipinski definition) is 6. The molecule has 1 aliphatic heterocycles. The predicted molar refractivity (Wildman–Crippen MR) is 104 cm³/mol. The quantitative estimate of drug-likeness (QED) is 0.440. The maximum Gasteiger partial charge on any atom is 0.312 e. The average molecular weight is 415 g/mol. The summed E-state index contributed by atoms with van der Waals surface area (Å²) in [6.07, 6.45) is -1.36. The molecule has 0 bridgehead atoms. The standard InChI is InChI=1S/C20H18FN3O6/c1-12(19(26)22-14-5-4-6-15(10-14)24(28)29)30-20(27)13-9-18(25)23(11-13)17-8-3-2-7-16(17)21/h2-8,10,12-13H,9,11H2,1H3,(H,22,26). The molecule has 3 rings (SSSR count). The van der Waals surface area contributed by atoms with Gasteiger partial charge in [0.05, 0.1) is 16.5 Å². The second-order valence-electron chi connectivity index (χ2n) is 6.73. The minimum absolute atomic E-state index is 0.0577. The first-order chi connectivity index (χ1) is 14.3. The van der Waals surface area contributed by atoms with Gasteiger partial charge in [-0.15, -0.1) is 0 Å². The van der Waals surface area contributed by atoms with Gasteiger partial charge in [0.2, 0.25) is 5.91 Å². The summed E-state index contributed by atoms with van der Waals surface area (Å²) in [5.41, 5.74) is 0.0586. The summed E-state index contributed by atoms with van der Waals surface area (Å²) in [5.74, 6) is -3.28. The van der Waals surface area contributed by atoms with Gasteiger partial charge in [-0.05, 0) is 25.1 Å². The fourth-order valence-electron chi connectivity index (χ4n) is 3.03. The molecule has 2 atom stereocenters. The van der Waals surface area contributed by atoms with Crippen LogP contribution >= 0.6 is 0 Å². The van der Waals surface area contributed by atoms with Crippen molar-refractivity contribution in [2.24, 2.45) is 5.92 Å². The Balaban J connectivity index is 1.59. The molecular formula is C20H18FN3O6. The zero-order valence-electron chi connectivity index (χ0n) is 15.9. The molecule has 2 aromatic carbocycles. The van der Waals surface area contributed by atoms with Crippen LogP contribution in [0.25, 0.3) is 0 Å². The molecule has 2 unspecified atom stereocenters. The maximum absolute atomic E-state index is 13.9. The minimum Gasteiger partial charge on any atom is -0.452 e. The number of ether oxygens (including phenoxy) is 1. The first-order valence-electron chi connectivity index (χ1n) is 9.07. The molecule has 0 aliphatic carbocycles. The van der Waals surface area contributed by atoms with Gasteiger partial charge in [0.1, 0.15) is 5.82 Å². The molecule has 9 nitrogen and oxygen atoms in total. The Kier molecular flexibility index (Phi) is 6.05. The maximum atomic E-state index is 13.9. The number of nitrogens with zero attached hydrogens (tertiary/aromatic N) is 2. The molecule has 30 heavy (non-hydrogen) atoms. The van der Waals surface area contributed by atoms with Crippen LogP contribution in [0.15, 0.2) is 48.5 Å². The van der Waals surface area contributed by atoms with E-state index in [1.165, 1.54) is 54.3 Å². The number of hydrogen-bond donors (Lipinski definition) is 1. The number of benzene rings is 2. The zero-order chi connectivity index (χ0) is 21.8. The van der Waals surface area contributed by atoms with Gasteiger partial charge in [0.25, 0.3) is 11.6 Å². The van der Waals surface area contributed by atoms with E-state index in [0.29, 0.717) is 0 Å². The summed E-state index contributed by atoms with van der Waals surface area (Å²) in [5, 5.41) is 13.2. The van der Waals surface area contributed by atoms with Crippen LogP contribution < -0.4 is 10.2 Å². The lowest BCUT2D eigenvalue weighted by Crippen LogP contribution is -2.33. The first-order valence-corrected chi connectivity index (χ1v) is 9.07. The van der Waals surface area contributed by atoms with Gasteiger partial charge in [-0.2, -0.15) is 0 Å². The van der Waals surface area contributed by atoms with Crippen LogP contribution in [0.5, 0.6) is 0 Å². The number of nitrogens with one attached hydrogen (secondary N) is 1. The molecule has 1 aliphatic rings. The summed E-state index contributed by atoms with van der Waals surface area (Å²) in [4.78, 5) is 48.2. The number of amides is 2. The van der Waals surface area contributed by atoms with Crippen molar-refractivity contribution < 1.29 is 28.4 Å². The number of carbonyl (C=O) groups excluding carboxylic acids is 3. The van der Waals surface area contributed by atoms with E-state index in [2.05, 4.69) is 5.32 Å². The molecule has 1 N–H and O–H groups in total. The molecule has 2 aromatic rings. The lowest BCUT2D eigenvalue weighted by molar-refractivity contribution is -0.384. The lowest BCUT2D eigenvalue weighted by atomic mass is 10.1. The van der Waals surface area contributed by atoms with E-state index >= 15 is 0 Å². The van der Waals surface area contributed by atoms with E-state index < -0.39 is 40.5 Å². The SMILES string of the molecule is CC(OC(=O)C1CC(=O)N(c2ccccc2F)C1)C(=O)Nc1cccc([N+](=O)[O-])c1. The van der Waals surface area contributed by atoms with Crippen LogP contribution in [0, 0.1) is 21.8 Å². The normalized spacial score (nSPS) is 16.8. The van der Waals surface area contributed by atoms with Crippen molar-refractivity contribution in [2.75, 3.05) is 16.8 Å². The third-order valence-electron chi connectivity index (χ3n) is 4.59. The number of nitro groups is 1. The Morgan fingerprint density at radius 1 is 1.27 bits per heavy atom. The van der Waals surface area contributed by atoms with Crippen LogP contribution in [0.2, 0.25) is 0 Å². The van der Waals surface area contributed by atoms with E-state index in [1.54, 1.807) is 6.07 Å². The van der Waals surface area contributed by atoms with Crippen molar-refractivity contribution in [3.8, 4) is 0 Å². The minimum atomic E-state index is -1.20. The summed E-state index contributed by atoms with van der Waals surface area (Å²) < 4.78 is 19.1. The van der Waals surface area contributed by atoms with Crippen LogP contribution in [0.4, 0.5) is 21.5 Å². The second-order valence-corrected chi connectivity index (χ2v) is 6.73. The smallest absolute Gasteiger partial charge is 0.312 e. The van der Waals surface area contributed by atoms with Crippen LogP contribution in [-0.2, 0) is 19.1 Å². The van der Waals surface area contributed by atoms with Crippen molar-refractivity contribution >= 4 is 34.8 Å². The van der Waals surface area contributed by atoms with Crippen molar-refractivity contribution in [1.82, 2.24) is 0 Å². The molecule has 2 amide bonds. The predicted octanol–water partition coefficient (Wildman–Crippen LogP) is 2.66. The molecule has 156 valence electrons. The summed E-state index contributed by atoms with van der Waals surface area (Å²) >= 11 is 0. The Hall–Kier alpha value is -3.82. The molecule has 0 aromatic heterocycles. The van der Waals surface area contributed by atoms with Gasteiger partial charge in [-0.3, -0.25) is 24.5 Å². The number of anilines is 2. The molecule has 1 saturated heterocycles. The van der Waals surface area contributed by atoms with Crippen molar-refractivity contribution in [3.05, 3.63) is 64.5 Å². The fourth-order valence-corrected chi connectivity index (χ4v) is 3.03. The number of esters is 1. The highest BCUT2D eigenvalue weighted by Gasteiger charge is 2.38. The van der Waals surface area contributed by atoms with Gasteiger partial charge in [0, 0.05) is 30.8 Å². The van der Waals surface area contributed by atoms with Crippen molar-refractivity contribution in [2.45, 2.75) is 19.4 Å². The summed E-state index contributed by atoms with van der Waals surface area (Å²) in [6.45, 7) is 1.29.